The molecule has 0 aliphatic carbocycles. The van der Waals surface area contributed by atoms with E-state index in [0.717, 1.165) is 24.9 Å². The highest BCUT2D eigenvalue weighted by Gasteiger charge is 2.21. The van der Waals surface area contributed by atoms with Gasteiger partial charge >= 0.3 is 0 Å². The summed E-state index contributed by atoms with van der Waals surface area (Å²) in [7, 11) is 3.31. The maximum absolute atomic E-state index is 12.5. The Morgan fingerprint density at radius 2 is 2.10 bits per heavy atom. The van der Waals surface area contributed by atoms with Gasteiger partial charge in [0.15, 0.2) is 5.96 Å². The van der Waals surface area contributed by atoms with Gasteiger partial charge in [-0.05, 0) is 47.5 Å². The van der Waals surface area contributed by atoms with Crippen LogP contribution in [-0.2, 0) is 24.2 Å². The van der Waals surface area contributed by atoms with Gasteiger partial charge in [-0.1, -0.05) is 12.1 Å². The number of nitrogens with zero attached hydrogens (tertiary/aromatic N) is 2. The Balaban J connectivity index is 1.43. The molecule has 154 valence electrons. The molecule has 29 heavy (non-hydrogen) atoms. The Morgan fingerprint density at radius 1 is 1.24 bits per heavy atom. The summed E-state index contributed by atoms with van der Waals surface area (Å²) in [6.07, 6.45) is 1.67. The summed E-state index contributed by atoms with van der Waals surface area (Å²) in [4.78, 5) is 31.7. The molecule has 8 heteroatoms. The molecule has 2 heterocycles. The van der Waals surface area contributed by atoms with E-state index < -0.39 is 0 Å². The molecule has 7 nitrogen and oxygen atoms in total. The topological polar surface area (TPSA) is 85.8 Å². The number of hydrogen-bond acceptors (Lipinski definition) is 4. The lowest BCUT2D eigenvalue weighted by molar-refractivity contribution is -0.130. The van der Waals surface area contributed by atoms with Crippen LogP contribution in [0.15, 0.2) is 40.7 Å². The third-order valence-electron chi connectivity index (χ3n) is 4.91. The van der Waals surface area contributed by atoms with Crippen LogP contribution in [0.1, 0.15) is 26.4 Å². The summed E-state index contributed by atoms with van der Waals surface area (Å²) in [6.45, 7) is 2.31. The summed E-state index contributed by atoms with van der Waals surface area (Å²) in [6, 6.07) is 9.65. The number of carbonyl (C=O) groups is 2. The van der Waals surface area contributed by atoms with Crippen LogP contribution in [0.5, 0.6) is 0 Å². The zero-order valence-corrected chi connectivity index (χ0v) is 17.6. The average Bonchev–Trinajstić information content (AvgIpc) is 3.23. The van der Waals surface area contributed by atoms with E-state index in [0.29, 0.717) is 24.6 Å². The SMILES string of the molecule is CN=C(NCCc1cccc(C(=O)NC)c1)NCC(=O)N1CCc2sccc2C1. The Kier molecular flexibility index (Phi) is 7.24. The molecule has 0 saturated carbocycles. The second-order valence-electron chi connectivity index (χ2n) is 6.82. The van der Waals surface area contributed by atoms with E-state index in [1.165, 1.54) is 10.4 Å². The molecule has 0 atom stereocenters. The molecule has 0 unspecified atom stereocenters. The molecule has 2 aromatic rings. The van der Waals surface area contributed by atoms with E-state index in [1.54, 1.807) is 31.5 Å². The van der Waals surface area contributed by atoms with Gasteiger partial charge in [0.1, 0.15) is 0 Å². The first-order valence-corrected chi connectivity index (χ1v) is 10.6. The van der Waals surface area contributed by atoms with Crippen LogP contribution in [0.4, 0.5) is 0 Å². The van der Waals surface area contributed by atoms with Crippen molar-refractivity contribution in [2.75, 3.05) is 33.7 Å². The van der Waals surface area contributed by atoms with Crippen molar-refractivity contribution in [1.82, 2.24) is 20.9 Å². The number of rotatable bonds is 6. The van der Waals surface area contributed by atoms with Gasteiger partial charge in [-0.25, -0.2) is 0 Å². The Morgan fingerprint density at radius 3 is 2.90 bits per heavy atom. The minimum absolute atomic E-state index is 0.0723. The first-order valence-electron chi connectivity index (χ1n) is 9.69. The summed E-state index contributed by atoms with van der Waals surface area (Å²) in [5, 5.41) is 11.0. The lowest BCUT2D eigenvalue weighted by atomic mass is 10.1. The van der Waals surface area contributed by atoms with Gasteiger partial charge in [-0.15, -0.1) is 11.3 Å². The molecule has 0 bridgehead atoms. The van der Waals surface area contributed by atoms with E-state index in [4.69, 9.17) is 0 Å². The maximum atomic E-state index is 12.5. The minimum atomic E-state index is -0.0944. The Bertz CT molecular complexity index is 893. The van der Waals surface area contributed by atoms with Crippen LogP contribution in [0, 0.1) is 0 Å². The van der Waals surface area contributed by atoms with Gasteiger partial charge in [0.2, 0.25) is 5.91 Å². The molecule has 3 N–H and O–H groups in total. The van der Waals surface area contributed by atoms with Crippen molar-refractivity contribution >= 4 is 29.1 Å². The van der Waals surface area contributed by atoms with E-state index >= 15 is 0 Å². The van der Waals surface area contributed by atoms with Crippen LogP contribution in [0.3, 0.4) is 0 Å². The van der Waals surface area contributed by atoms with Gasteiger partial charge in [-0.2, -0.15) is 0 Å². The highest BCUT2D eigenvalue weighted by molar-refractivity contribution is 7.10. The predicted molar refractivity (Wildman–Crippen MR) is 116 cm³/mol. The molecule has 1 aromatic carbocycles. The van der Waals surface area contributed by atoms with Crippen molar-refractivity contribution in [2.24, 2.45) is 4.99 Å². The third kappa shape index (κ3) is 5.57. The quantitative estimate of drug-likeness (QED) is 0.494. The number of hydrogen-bond donors (Lipinski definition) is 3. The number of carbonyl (C=O) groups excluding carboxylic acids is 2. The van der Waals surface area contributed by atoms with Crippen LogP contribution in [0.25, 0.3) is 0 Å². The van der Waals surface area contributed by atoms with Gasteiger partial charge in [0.25, 0.3) is 5.91 Å². The van der Waals surface area contributed by atoms with E-state index in [1.807, 2.05) is 23.1 Å². The van der Waals surface area contributed by atoms with Crippen LogP contribution in [-0.4, -0.2) is 56.4 Å². The van der Waals surface area contributed by atoms with Crippen LogP contribution < -0.4 is 16.0 Å². The van der Waals surface area contributed by atoms with Gasteiger partial charge in [0.05, 0.1) is 6.54 Å². The Hall–Kier alpha value is -2.87. The number of benzene rings is 1. The van der Waals surface area contributed by atoms with Crippen molar-refractivity contribution in [3.05, 3.63) is 57.3 Å². The smallest absolute Gasteiger partial charge is 0.251 e. The molecular formula is C21H27N5O2S. The third-order valence-corrected chi connectivity index (χ3v) is 5.94. The lowest BCUT2D eigenvalue weighted by Gasteiger charge is -2.27. The first kappa shape index (κ1) is 20.9. The molecule has 2 amide bonds. The van der Waals surface area contributed by atoms with Crippen molar-refractivity contribution in [3.63, 3.8) is 0 Å². The normalized spacial score (nSPS) is 13.6. The summed E-state index contributed by atoms with van der Waals surface area (Å²) in [5.74, 6) is 0.570. The van der Waals surface area contributed by atoms with Crippen molar-refractivity contribution in [1.29, 1.82) is 0 Å². The highest BCUT2D eigenvalue weighted by atomic mass is 32.1. The van der Waals surface area contributed by atoms with Crippen LogP contribution >= 0.6 is 11.3 Å². The number of aliphatic imine (C=N–C) groups is 1. The molecule has 3 rings (SSSR count). The largest absolute Gasteiger partial charge is 0.356 e. The molecule has 1 aromatic heterocycles. The zero-order chi connectivity index (χ0) is 20.6. The molecule has 0 radical (unpaired) electrons. The predicted octanol–water partition coefficient (Wildman–Crippen LogP) is 1.40. The molecule has 1 aliphatic heterocycles. The zero-order valence-electron chi connectivity index (χ0n) is 16.8. The number of nitrogens with one attached hydrogen (secondary N) is 3. The van der Waals surface area contributed by atoms with E-state index in [-0.39, 0.29) is 18.4 Å². The maximum Gasteiger partial charge on any atom is 0.251 e. The highest BCUT2D eigenvalue weighted by Crippen LogP contribution is 2.23. The molecule has 0 fully saturated rings. The van der Waals surface area contributed by atoms with Gasteiger partial charge < -0.3 is 20.9 Å². The number of guanidine groups is 1. The Labute approximate surface area is 175 Å². The van der Waals surface area contributed by atoms with E-state index in [9.17, 15) is 9.59 Å². The fraction of sp³-hybridized carbons (Fsp3) is 0.381. The number of thiophene rings is 1. The molecule has 0 spiro atoms. The standard InChI is InChI=1S/C21H27N5O2S/c1-22-20(28)16-5-3-4-15(12-16)6-9-24-21(23-2)25-13-19(27)26-10-7-18-17(14-26)8-11-29-18/h3-5,8,11-12H,6-7,9-10,13-14H2,1-2H3,(H,22,28)(H2,23,24,25). The van der Waals surface area contributed by atoms with Gasteiger partial charge in [0, 0.05) is 44.2 Å². The fourth-order valence-corrected chi connectivity index (χ4v) is 4.18. The summed E-state index contributed by atoms with van der Waals surface area (Å²) >= 11 is 1.77. The van der Waals surface area contributed by atoms with Crippen molar-refractivity contribution < 1.29 is 9.59 Å². The van der Waals surface area contributed by atoms with E-state index in [2.05, 4.69) is 32.4 Å². The molecule has 1 aliphatic rings. The number of fused-ring (bicyclic) bond motifs is 1. The summed E-state index contributed by atoms with van der Waals surface area (Å²) in [5.41, 5.74) is 2.97. The van der Waals surface area contributed by atoms with Crippen LogP contribution in [0.2, 0.25) is 0 Å². The average molecular weight is 414 g/mol. The number of amides is 2. The monoisotopic (exact) mass is 413 g/mol. The fourth-order valence-electron chi connectivity index (χ4n) is 3.29. The first-order chi connectivity index (χ1) is 14.1. The second-order valence-corrected chi connectivity index (χ2v) is 7.82. The van der Waals surface area contributed by atoms with Gasteiger partial charge in [-0.3, -0.25) is 14.6 Å². The van der Waals surface area contributed by atoms with Crippen molar-refractivity contribution in [3.8, 4) is 0 Å². The summed E-state index contributed by atoms with van der Waals surface area (Å²) < 4.78 is 0. The lowest BCUT2D eigenvalue weighted by Crippen LogP contribution is -2.46. The minimum Gasteiger partial charge on any atom is -0.356 e. The molecular weight excluding hydrogens is 386 g/mol. The second kappa shape index (κ2) is 10.1. The molecule has 0 saturated heterocycles. The van der Waals surface area contributed by atoms with Crippen molar-refractivity contribution in [2.45, 2.75) is 19.4 Å².